The summed E-state index contributed by atoms with van der Waals surface area (Å²) in [7, 11) is 4.04. The Balaban J connectivity index is 1.73. The molecule has 1 aliphatic heterocycles. The first-order valence-corrected chi connectivity index (χ1v) is 10.4. The van der Waals surface area contributed by atoms with Crippen molar-refractivity contribution in [1.29, 1.82) is 0 Å². The van der Waals surface area contributed by atoms with Crippen LogP contribution in [0.5, 0.6) is 0 Å². The molecule has 0 fully saturated rings. The Kier molecular flexibility index (Phi) is 5.40. The largest absolute Gasteiger partial charge is 0.378 e. The molecule has 30 heavy (non-hydrogen) atoms. The molecule has 4 heteroatoms. The van der Waals surface area contributed by atoms with Gasteiger partial charge in [0.05, 0.1) is 0 Å². The second-order valence-electron chi connectivity index (χ2n) is 7.87. The van der Waals surface area contributed by atoms with Crippen molar-refractivity contribution in [2.24, 2.45) is 0 Å². The lowest BCUT2D eigenvalue weighted by molar-refractivity contribution is 0.0608. The SMILES string of the molecule is CCCCN1C(=O)c2cccc3c(/C=C/c4ccc(N(C)C)cc4)ccc(c23)C1=O. The maximum atomic E-state index is 13.0. The van der Waals surface area contributed by atoms with E-state index in [4.69, 9.17) is 0 Å². The molecule has 4 rings (SSSR count). The van der Waals surface area contributed by atoms with Crippen LogP contribution < -0.4 is 4.90 Å². The topological polar surface area (TPSA) is 40.6 Å². The van der Waals surface area contributed by atoms with Gasteiger partial charge in [-0.1, -0.05) is 55.8 Å². The van der Waals surface area contributed by atoms with Crippen LogP contribution in [0.3, 0.4) is 0 Å². The summed E-state index contributed by atoms with van der Waals surface area (Å²) in [6.07, 6.45) is 5.86. The molecule has 4 nitrogen and oxygen atoms in total. The molecule has 0 aromatic heterocycles. The average molecular weight is 399 g/mol. The number of carbonyl (C=O) groups excluding carboxylic acids is 2. The standard InChI is InChI=1S/C26H26N2O2/c1-4-5-17-28-25(29)22-8-6-7-21-19(13-16-23(24(21)22)26(28)30)12-9-18-10-14-20(15-11-18)27(2)3/h6-16H,4-5,17H2,1-3H3/b12-9+. The fourth-order valence-corrected chi connectivity index (χ4v) is 3.90. The van der Waals surface area contributed by atoms with Gasteiger partial charge in [0.2, 0.25) is 0 Å². The Hall–Kier alpha value is -3.40. The predicted molar refractivity (Wildman–Crippen MR) is 124 cm³/mol. The summed E-state index contributed by atoms with van der Waals surface area (Å²) in [5.74, 6) is -0.376. The van der Waals surface area contributed by atoms with E-state index in [0.717, 1.165) is 40.4 Å². The highest BCUT2D eigenvalue weighted by Gasteiger charge is 2.32. The number of rotatable bonds is 6. The van der Waals surface area contributed by atoms with Crippen LogP contribution in [0.4, 0.5) is 5.69 Å². The van der Waals surface area contributed by atoms with Crippen LogP contribution in [0, 0.1) is 0 Å². The molecule has 0 saturated heterocycles. The van der Waals surface area contributed by atoms with E-state index in [1.165, 1.54) is 4.90 Å². The van der Waals surface area contributed by atoms with E-state index in [1.807, 2.05) is 50.5 Å². The third-order valence-electron chi connectivity index (χ3n) is 5.63. The smallest absolute Gasteiger partial charge is 0.261 e. The van der Waals surface area contributed by atoms with E-state index in [2.05, 4.69) is 42.2 Å². The summed E-state index contributed by atoms with van der Waals surface area (Å²) in [5.41, 5.74) is 4.47. The van der Waals surface area contributed by atoms with E-state index < -0.39 is 0 Å². The summed E-state index contributed by atoms with van der Waals surface area (Å²) < 4.78 is 0. The highest BCUT2D eigenvalue weighted by molar-refractivity contribution is 6.26. The van der Waals surface area contributed by atoms with Gasteiger partial charge in [-0.3, -0.25) is 14.5 Å². The van der Waals surface area contributed by atoms with Crippen LogP contribution >= 0.6 is 0 Å². The lowest BCUT2D eigenvalue weighted by Gasteiger charge is -2.27. The zero-order valence-corrected chi connectivity index (χ0v) is 17.7. The van der Waals surface area contributed by atoms with Gasteiger partial charge in [-0.05, 0) is 47.2 Å². The molecule has 1 heterocycles. The number of imide groups is 1. The summed E-state index contributed by atoms with van der Waals surface area (Å²) >= 11 is 0. The zero-order chi connectivity index (χ0) is 21.3. The summed E-state index contributed by atoms with van der Waals surface area (Å²) in [5, 5.41) is 1.70. The maximum absolute atomic E-state index is 13.0. The average Bonchev–Trinajstić information content (AvgIpc) is 2.76. The fourth-order valence-electron chi connectivity index (χ4n) is 3.90. The van der Waals surface area contributed by atoms with Gasteiger partial charge in [0.15, 0.2) is 0 Å². The number of hydrogen-bond donors (Lipinski definition) is 0. The number of amides is 2. The molecule has 1 aliphatic rings. The normalized spacial score (nSPS) is 13.5. The Morgan fingerprint density at radius 3 is 2.23 bits per heavy atom. The van der Waals surface area contributed by atoms with Gasteiger partial charge in [-0.2, -0.15) is 0 Å². The van der Waals surface area contributed by atoms with Gasteiger partial charge >= 0.3 is 0 Å². The number of anilines is 1. The van der Waals surface area contributed by atoms with Crippen LogP contribution in [0.15, 0.2) is 54.6 Å². The highest BCUT2D eigenvalue weighted by Crippen LogP contribution is 2.33. The van der Waals surface area contributed by atoms with Crippen LogP contribution in [0.2, 0.25) is 0 Å². The summed E-state index contributed by atoms with van der Waals surface area (Å²) in [4.78, 5) is 29.4. The van der Waals surface area contributed by atoms with E-state index in [0.29, 0.717) is 17.7 Å². The third kappa shape index (κ3) is 3.50. The Labute approximate surface area is 177 Å². The molecule has 0 spiro atoms. The minimum Gasteiger partial charge on any atom is -0.378 e. The number of unbranched alkanes of at least 4 members (excludes halogenated alkanes) is 1. The lowest BCUT2D eigenvalue weighted by Crippen LogP contribution is -2.40. The molecule has 3 aromatic carbocycles. The summed E-state index contributed by atoms with van der Waals surface area (Å²) in [6, 6.07) is 17.9. The molecule has 0 N–H and O–H groups in total. The molecule has 0 atom stereocenters. The molecular weight excluding hydrogens is 372 g/mol. The molecule has 0 bridgehead atoms. The monoisotopic (exact) mass is 398 g/mol. The van der Waals surface area contributed by atoms with Crippen molar-refractivity contribution < 1.29 is 9.59 Å². The minimum absolute atomic E-state index is 0.188. The molecule has 3 aromatic rings. The zero-order valence-electron chi connectivity index (χ0n) is 17.7. The van der Waals surface area contributed by atoms with E-state index in [-0.39, 0.29) is 11.8 Å². The van der Waals surface area contributed by atoms with Gasteiger partial charge < -0.3 is 4.90 Å². The van der Waals surface area contributed by atoms with E-state index in [9.17, 15) is 9.59 Å². The van der Waals surface area contributed by atoms with Gasteiger partial charge in [-0.15, -0.1) is 0 Å². The molecule has 0 aliphatic carbocycles. The van der Waals surface area contributed by atoms with Gasteiger partial charge in [0, 0.05) is 42.8 Å². The van der Waals surface area contributed by atoms with E-state index >= 15 is 0 Å². The second-order valence-corrected chi connectivity index (χ2v) is 7.87. The number of benzene rings is 3. The highest BCUT2D eigenvalue weighted by atomic mass is 16.2. The van der Waals surface area contributed by atoms with Crippen LogP contribution in [-0.2, 0) is 0 Å². The van der Waals surface area contributed by atoms with Crippen molar-refractivity contribution >= 4 is 40.4 Å². The van der Waals surface area contributed by atoms with Crippen LogP contribution in [-0.4, -0.2) is 37.4 Å². The number of hydrogen-bond acceptors (Lipinski definition) is 3. The van der Waals surface area contributed by atoms with Crippen LogP contribution in [0.25, 0.3) is 22.9 Å². The maximum Gasteiger partial charge on any atom is 0.261 e. The van der Waals surface area contributed by atoms with E-state index in [1.54, 1.807) is 0 Å². The quantitative estimate of drug-likeness (QED) is 0.408. The minimum atomic E-state index is -0.188. The van der Waals surface area contributed by atoms with Crippen LogP contribution in [0.1, 0.15) is 51.6 Å². The first-order chi connectivity index (χ1) is 14.5. The number of carbonyl (C=O) groups is 2. The molecule has 0 unspecified atom stereocenters. The van der Waals surface area contributed by atoms with Gasteiger partial charge in [0.1, 0.15) is 0 Å². The van der Waals surface area contributed by atoms with Crippen molar-refractivity contribution in [3.05, 3.63) is 76.9 Å². The molecule has 152 valence electrons. The predicted octanol–water partition coefficient (Wildman–Crippen LogP) is 5.47. The lowest BCUT2D eigenvalue weighted by atomic mass is 9.91. The van der Waals surface area contributed by atoms with Crippen molar-refractivity contribution in [1.82, 2.24) is 4.90 Å². The molecule has 0 saturated carbocycles. The first-order valence-electron chi connectivity index (χ1n) is 10.4. The van der Waals surface area contributed by atoms with Crippen molar-refractivity contribution in [3.63, 3.8) is 0 Å². The number of nitrogens with zero attached hydrogens (tertiary/aromatic N) is 2. The fraction of sp³-hybridized carbons (Fsp3) is 0.231. The van der Waals surface area contributed by atoms with Crippen molar-refractivity contribution in [2.75, 3.05) is 25.5 Å². The Morgan fingerprint density at radius 2 is 1.57 bits per heavy atom. The van der Waals surface area contributed by atoms with Crippen molar-refractivity contribution in [2.45, 2.75) is 19.8 Å². The molecule has 2 amide bonds. The molecular formula is C26H26N2O2. The second kappa shape index (κ2) is 8.15. The van der Waals surface area contributed by atoms with Gasteiger partial charge in [-0.25, -0.2) is 0 Å². The first kappa shape index (κ1) is 19.9. The Morgan fingerprint density at radius 1 is 0.867 bits per heavy atom. The summed E-state index contributed by atoms with van der Waals surface area (Å²) in [6.45, 7) is 2.52. The third-order valence-corrected chi connectivity index (χ3v) is 5.63. The molecule has 0 radical (unpaired) electrons. The van der Waals surface area contributed by atoms with Gasteiger partial charge in [0.25, 0.3) is 11.8 Å². The Bertz CT molecular complexity index is 1120. The van der Waals surface area contributed by atoms with Crippen molar-refractivity contribution in [3.8, 4) is 0 Å².